The van der Waals surface area contributed by atoms with Crippen molar-refractivity contribution in [3.05, 3.63) is 23.3 Å². The molecule has 0 heterocycles. The van der Waals surface area contributed by atoms with E-state index in [1.165, 1.54) is 0 Å². The molecule has 0 atom stereocenters. The zero-order valence-corrected chi connectivity index (χ0v) is 6.76. The monoisotopic (exact) mass is 181 g/mol. The highest BCUT2D eigenvalue weighted by Crippen LogP contribution is 2.32. The Hall–Kier alpha value is 0.350. The van der Waals surface area contributed by atoms with E-state index in [4.69, 9.17) is 34.8 Å². The van der Waals surface area contributed by atoms with Crippen LogP contribution in [-0.4, -0.2) is 4.33 Å². The van der Waals surface area contributed by atoms with E-state index in [1.807, 2.05) is 0 Å². The smallest absolute Gasteiger partial charge is 0.0966 e. The number of halogens is 3. The molecule has 1 aliphatic rings. The summed E-state index contributed by atoms with van der Waals surface area (Å²) in [6.07, 6.45) is 6.59. The van der Waals surface area contributed by atoms with E-state index < -0.39 is 4.33 Å². The van der Waals surface area contributed by atoms with Crippen LogP contribution >= 0.6 is 34.8 Å². The van der Waals surface area contributed by atoms with Crippen molar-refractivity contribution in [3.63, 3.8) is 0 Å². The largest absolute Gasteiger partial charge is 0.142 e. The first-order valence-corrected chi connectivity index (χ1v) is 3.56. The fourth-order valence-electron chi connectivity index (χ4n) is 0.579. The van der Waals surface area contributed by atoms with Crippen LogP contribution in [-0.2, 0) is 0 Å². The molecule has 49 valence electrons. The summed E-state index contributed by atoms with van der Waals surface area (Å²) in [6, 6.07) is 0. The lowest BCUT2D eigenvalue weighted by Crippen LogP contribution is -2.09. The molecule has 0 aliphatic heterocycles. The third-order valence-electron chi connectivity index (χ3n) is 0.927. The van der Waals surface area contributed by atoms with Gasteiger partial charge in [0, 0.05) is 11.5 Å². The van der Waals surface area contributed by atoms with Gasteiger partial charge in [-0.05, 0) is 18.2 Å². The topological polar surface area (TPSA) is 0 Å². The summed E-state index contributed by atoms with van der Waals surface area (Å²) in [5, 5.41) is 0.547. The first-order chi connectivity index (χ1) is 4.10. The van der Waals surface area contributed by atoms with E-state index in [0.717, 1.165) is 0 Å². The van der Waals surface area contributed by atoms with Gasteiger partial charge in [0.25, 0.3) is 0 Å². The lowest BCUT2D eigenvalue weighted by atomic mass is 10.2. The maximum atomic E-state index is 5.69. The molecule has 9 heavy (non-hydrogen) atoms. The van der Waals surface area contributed by atoms with Crippen molar-refractivity contribution < 1.29 is 0 Å². The summed E-state index contributed by atoms with van der Waals surface area (Å²) in [5.41, 5.74) is 0. The van der Waals surface area contributed by atoms with Crippen LogP contribution in [0.1, 0.15) is 6.42 Å². The second-order valence-electron chi connectivity index (χ2n) is 1.82. The molecular formula is C6H4Cl3. The van der Waals surface area contributed by atoms with Crippen molar-refractivity contribution in [2.75, 3.05) is 0 Å². The molecule has 1 radical (unpaired) electrons. The Morgan fingerprint density at radius 3 is 2.56 bits per heavy atom. The Labute approximate surface area is 69.1 Å². The third kappa shape index (κ3) is 2.21. The summed E-state index contributed by atoms with van der Waals surface area (Å²) in [4.78, 5) is 0. The molecule has 0 fully saturated rings. The quantitative estimate of drug-likeness (QED) is 0.505. The second-order valence-corrected chi connectivity index (χ2v) is 3.79. The highest BCUT2D eigenvalue weighted by atomic mass is 35.5. The number of allylic oxidation sites excluding steroid dienone is 4. The summed E-state index contributed by atoms with van der Waals surface area (Å²) < 4.78 is -0.841. The van der Waals surface area contributed by atoms with Crippen LogP contribution in [0.25, 0.3) is 0 Å². The minimum Gasteiger partial charge on any atom is -0.0966 e. The van der Waals surface area contributed by atoms with E-state index in [2.05, 4.69) is 6.08 Å². The summed E-state index contributed by atoms with van der Waals surface area (Å²) in [5.74, 6) is 0. The minimum absolute atomic E-state index is 0.506. The Kier molecular flexibility index (Phi) is 2.10. The first-order valence-electron chi connectivity index (χ1n) is 2.43. The normalized spacial score (nSPS) is 23.7. The van der Waals surface area contributed by atoms with E-state index in [-0.39, 0.29) is 0 Å². The summed E-state index contributed by atoms with van der Waals surface area (Å²) >= 11 is 17.0. The van der Waals surface area contributed by atoms with Crippen molar-refractivity contribution in [2.24, 2.45) is 0 Å². The van der Waals surface area contributed by atoms with Gasteiger partial charge in [-0.1, -0.05) is 34.8 Å². The third-order valence-corrected chi connectivity index (χ3v) is 1.63. The molecule has 0 N–H and O–H groups in total. The first kappa shape index (κ1) is 7.46. The zero-order chi connectivity index (χ0) is 6.91. The van der Waals surface area contributed by atoms with E-state index in [1.54, 1.807) is 12.2 Å². The van der Waals surface area contributed by atoms with Crippen LogP contribution in [0, 0.1) is 6.08 Å². The van der Waals surface area contributed by atoms with E-state index in [9.17, 15) is 0 Å². The molecule has 0 spiro atoms. The molecular weight excluding hydrogens is 178 g/mol. The van der Waals surface area contributed by atoms with Gasteiger partial charge in [-0.2, -0.15) is 0 Å². The van der Waals surface area contributed by atoms with Gasteiger partial charge >= 0.3 is 0 Å². The molecule has 0 saturated carbocycles. The van der Waals surface area contributed by atoms with Crippen LogP contribution in [0.15, 0.2) is 17.2 Å². The van der Waals surface area contributed by atoms with Crippen molar-refractivity contribution in [2.45, 2.75) is 10.8 Å². The van der Waals surface area contributed by atoms with Crippen molar-refractivity contribution in [1.82, 2.24) is 0 Å². The van der Waals surface area contributed by atoms with Gasteiger partial charge in [0.2, 0.25) is 0 Å². The standard InChI is InChI=1S/C6H4Cl3/c7-5-2-1-3-6(8,9)4-5/h2,4H,3H2. The number of hydrogen-bond donors (Lipinski definition) is 0. The van der Waals surface area contributed by atoms with Gasteiger partial charge in [0.05, 0.1) is 0 Å². The number of hydrogen-bond acceptors (Lipinski definition) is 0. The van der Waals surface area contributed by atoms with E-state index in [0.29, 0.717) is 11.5 Å². The fourth-order valence-corrected chi connectivity index (χ4v) is 1.34. The van der Waals surface area contributed by atoms with Crippen LogP contribution in [0.2, 0.25) is 0 Å². The molecule has 1 aliphatic carbocycles. The number of alkyl halides is 2. The highest BCUT2D eigenvalue weighted by Gasteiger charge is 2.21. The molecule has 0 amide bonds. The van der Waals surface area contributed by atoms with Gasteiger partial charge in [0.15, 0.2) is 0 Å². The lowest BCUT2D eigenvalue weighted by molar-refractivity contribution is 0.936. The Bertz CT molecular complexity index is 167. The van der Waals surface area contributed by atoms with Gasteiger partial charge in [-0.25, -0.2) is 0 Å². The molecule has 0 saturated heterocycles. The van der Waals surface area contributed by atoms with Crippen molar-refractivity contribution in [3.8, 4) is 0 Å². The molecule has 0 aromatic rings. The molecule has 3 heteroatoms. The van der Waals surface area contributed by atoms with Gasteiger partial charge < -0.3 is 0 Å². The van der Waals surface area contributed by atoms with E-state index >= 15 is 0 Å². The second kappa shape index (κ2) is 2.53. The summed E-state index contributed by atoms with van der Waals surface area (Å²) in [7, 11) is 0. The average molecular weight is 182 g/mol. The van der Waals surface area contributed by atoms with Gasteiger partial charge in [0.1, 0.15) is 4.33 Å². The highest BCUT2D eigenvalue weighted by molar-refractivity contribution is 6.50. The maximum absolute atomic E-state index is 5.69. The van der Waals surface area contributed by atoms with Crippen molar-refractivity contribution in [1.29, 1.82) is 0 Å². The predicted octanol–water partition coefficient (Wildman–Crippen LogP) is 3.05. The lowest BCUT2D eigenvalue weighted by Gasteiger charge is -2.14. The average Bonchev–Trinajstić information content (AvgIpc) is 1.60. The molecule has 0 aromatic carbocycles. The van der Waals surface area contributed by atoms with Crippen LogP contribution < -0.4 is 0 Å². The fraction of sp³-hybridized carbons (Fsp3) is 0.333. The zero-order valence-electron chi connectivity index (χ0n) is 4.50. The molecule has 0 nitrogen and oxygen atoms in total. The Morgan fingerprint density at radius 1 is 1.56 bits per heavy atom. The van der Waals surface area contributed by atoms with Crippen LogP contribution in [0.3, 0.4) is 0 Å². The van der Waals surface area contributed by atoms with Gasteiger partial charge in [-0.15, -0.1) is 0 Å². The van der Waals surface area contributed by atoms with Gasteiger partial charge in [-0.3, -0.25) is 0 Å². The molecule has 1 rings (SSSR count). The SMILES string of the molecule is ClC1=CC(Cl)(Cl)C[C]=C1. The van der Waals surface area contributed by atoms with Crippen molar-refractivity contribution >= 4 is 34.8 Å². The summed E-state index contributed by atoms with van der Waals surface area (Å²) in [6.45, 7) is 0. The van der Waals surface area contributed by atoms with Crippen LogP contribution in [0.4, 0.5) is 0 Å². The minimum atomic E-state index is -0.841. The molecule has 0 unspecified atom stereocenters. The Balaban J connectivity index is 2.78. The van der Waals surface area contributed by atoms with Crippen LogP contribution in [0.5, 0.6) is 0 Å². The number of rotatable bonds is 0. The maximum Gasteiger partial charge on any atom is 0.142 e. The molecule has 0 bridgehead atoms. The predicted molar refractivity (Wildman–Crippen MR) is 40.8 cm³/mol. The molecule has 0 aromatic heterocycles. The Morgan fingerprint density at radius 2 is 2.22 bits per heavy atom.